The van der Waals surface area contributed by atoms with Gasteiger partial charge in [-0.2, -0.15) is 0 Å². The largest absolute Gasteiger partial charge is 0.462 e. The van der Waals surface area contributed by atoms with Crippen molar-refractivity contribution in [2.24, 2.45) is 11.1 Å². The maximum atomic E-state index is 12.6. The first-order valence-corrected chi connectivity index (χ1v) is 7.85. The van der Waals surface area contributed by atoms with Gasteiger partial charge in [0.25, 0.3) is 0 Å². The van der Waals surface area contributed by atoms with Crippen LogP contribution in [0, 0.1) is 5.41 Å². The number of anilines is 1. The molecule has 1 aliphatic heterocycles. The first kappa shape index (κ1) is 15.9. The molecule has 6 nitrogen and oxygen atoms in total. The van der Waals surface area contributed by atoms with Crippen molar-refractivity contribution in [3.8, 4) is 0 Å². The number of hydrogen-bond acceptors (Lipinski definition) is 6. The van der Waals surface area contributed by atoms with Gasteiger partial charge in [0.1, 0.15) is 5.00 Å². The van der Waals surface area contributed by atoms with Crippen LogP contribution in [0.5, 0.6) is 0 Å². The van der Waals surface area contributed by atoms with E-state index in [-0.39, 0.29) is 12.5 Å². The summed E-state index contributed by atoms with van der Waals surface area (Å²) in [7, 11) is 0. The zero-order chi connectivity index (χ0) is 15.3. The summed E-state index contributed by atoms with van der Waals surface area (Å²) in [5, 5.41) is 5.10. The number of esters is 1. The molecule has 0 radical (unpaired) electrons. The lowest BCUT2D eigenvalue weighted by molar-refractivity contribution is -0.130. The molecule has 1 saturated heterocycles. The fraction of sp³-hybridized carbons (Fsp3) is 0.571. The van der Waals surface area contributed by atoms with Gasteiger partial charge in [0.15, 0.2) is 0 Å². The van der Waals surface area contributed by atoms with E-state index in [0.29, 0.717) is 43.2 Å². The lowest BCUT2D eigenvalue weighted by Gasteiger charge is -2.34. The highest BCUT2D eigenvalue weighted by Crippen LogP contribution is 2.33. The first-order valence-electron chi connectivity index (χ1n) is 6.97. The Morgan fingerprint density at radius 3 is 2.81 bits per heavy atom. The van der Waals surface area contributed by atoms with Crippen LogP contribution in [0.25, 0.3) is 0 Å². The molecule has 116 valence electrons. The smallest absolute Gasteiger partial charge is 0.341 e. The Morgan fingerprint density at radius 2 is 2.19 bits per heavy atom. The highest BCUT2D eigenvalue weighted by molar-refractivity contribution is 7.14. The molecule has 7 heteroatoms. The molecule has 0 bridgehead atoms. The van der Waals surface area contributed by atoms with Crippen LogP contribution in [0.15, 0.2) is 11.4 Å². The Bertz CT molecular complexity index is 509. The fourth-order valence-electron chi connectivity index (χ4n) is 2.30. The SMILES string of the molecule is CCOC(=O)c1ccsc1NC(=O)C1(CN)CCOCC1. The molecule has 0 saturated carbocycles. The summed E-state index contributed by atoms with van der Waals surface area (Å²) in [6.45, 7) is 3.36. The van der Waals surface area contributed by atoms with Crippen molar-refractivity contribution in [2.45, 2.75) is 19.8 Å². The van der Waals surface area contributed by atoms with Crippen molar-refractivity contribution < 1.29 is 19.1 Å². The molecule has 2 rings (SSSR count). The second kappa shape index (κ2) is 7.02. The number of carbonyl (C=O) groups is 2. The maximum absolute atomic E-state index is 12.6. The minimum absolute atomic E-state index is 0.152. The molecule has 3 N–H and O–H groups in total. The van der Waals surface area contributed by atoms with Crippen molar-refractivity contribution in [2.75, 3.05) is 31.7 Å². The highest BCUT2D eigenvalue weighted by Gasteiger charge is 2.39. The fourth-order valence-corrected chi connectivity index (χ4v) is 3.07. The minimum Gasteiger partial charge on any atom is -0.462 e. The molecule has 0 unspecified atom stereocenters. The summed E-state index contributed by atoms with van der Waals surface area (Å²) in [6.07, 6.45) is 1.19. The van der Waals surface area contributed by atoms with Gasteiger partial charge in [-0.25, -0.2) is 4.79 Å². The van der Waals surface area contributed by atoms with Crippen LogP contribution in [0.2, 0.25) is 0 Å². The number of ether oxygens (including phenoxy) is 2. The van der Waals surface area contributed by atoms with Crippen molar-refractivity contribution in [1.82, 2.24) is 0 Å². The van der Waals surface area contributed by atoms with Crippen LogP contribution in [-0.4, -0.2) is 38.2 Å². The molecule has 1 aromatic heterocycles. The van der Waals surface area contributed by atoms with E-state index in [1.165, 1.54) is 11.3 Å². The Morgan fingerprint density at radius 1 is 1.48 bits per heavy atom. The molecule has 0 atom stereocenters. The van der Waals surface area contributed by atoms with E-state index in [0.717, 1.165) is 0 Å². The van der Waals surface area contributed by atoms with Crippen molar-refractivity contribution in [3.05, 3.63) is 17.0 Å². The molecule has 1 amide bonds. The maximum Gasteiger partial charge on any atom is 0.341 e. The predicted octanol–water partition coefficient (Wildman–Crippen LogP) is 1.62. The summed E-state index contributed by atoms with van der Waals surface area (Å²) < 4.78 is 10.3. The predicted molar refractivity (Wildman–Crippen MR) is 80.4 cm³/mol. The van der Waals surface area contributed by atoms with Crippen LogP contribution >= 0.6 is 11.3 Å². The average Bonchev–Trinajstić information content (AvgIpc) is 2.96. The summed E-state index contributed by atoms with van der Waals surface area (Å²) in [6, 6.07) is 1.65. The third kappa shape index (κ3) is 3.42. The molecule has 1 aromatic rings. The van der Waals surface area contributed by atoms with Crippen LogP contribution in [0.1, 0.15) is 30.1 Å². The highest BCUT2D eigenvalue weighted by atomic mass is 32.1. The van der Waals surface area contributed by atoms with Gasteiger partial charge in [0.2, 0.25) is 5.91 Å². The molecule has 1 fully saturated rings. The number of nitrogens with one attached hydrogen (secondary N) is 1. The van der Waals surface area contributed by atoms with Crippen LogP contribution in [0.3, 0.4) is 0 Å². The third-order valence-corrected chi connectivity index (χ3v) is 4.54. The molecule has 0 aromatic carbocycles. The van der Waals surface area contributed by atoms with Gasteiger partial charge >= 0.3 is 5.97 Å². The van der Waals surface area contributed by atoms with Crippen molar-refractivity contribution in [3.63, 3.8) is 0 Å². The summed E-state index contributed by atoms with van der Waals surface area (Å²) >= 11 is 1.30. The van der Waals surface area contributed by atoms with Gasteiger partial charge in [0.05, 0.1) is 17.6 Å². The average molecular weight is 312 g/mol. The van der Waals surface area contributed by atoms with Gasteiger partial charge < -0.3 is 20.5 Å². The second-order valence-electron chi connectivity index (χ2n) is 4.93. The van der Waals surface area contributed by atoms with E-state index in [2.05, 4.69) is 5.32 Å². The topological polar surface area (TPSA) is 90.7 Å². The van der Waals surface area contributed by atoms with Gasteiger partial charge in [-0.05, 0) is 31.2 Å². The lowest BCUT2D eigenvalue weighted by Crippen LogP contribution is -2.46. The van der Waals surface area contributed by atoms with E-state index < -0.39 is 11.4 Å². The molecular weight excluding hydrogens is 292 g/mol. The number of carbonyl (C=O) groups excluding carboxylic acids is 2. The minimum atomic E-state index is -0.617. The van der Waals surface area contributed by atoms with Crippen molar-refractivity contribution >= 4 is 28.2 Å². The normalized spacial score (nSPS) is 17.2. The lowest BCUT2D eigenvalue weighted by atomic mass is 9.79. The standard InChI is InChI=1S/C14H20N2O4S/c1-2-20-12(17)10-3-8-21-11(10)16-13(18)14(9-15)4-6-19-7-5-14/h3,8H,2,4-7,9,15H2,1H3,(H,16,18). The zero-order valence-electron chi connectivity index (χ0n) is 12.0. The molecular formula is C14H20N2O4S. The van der Waals surface area contributed by atoms with Crippen LogP contribution in [0.4, 0.5) is 5.00 Å². The van der Waals surface area contributed by atoms with Gasteiger partial charge in [-0.15, -0.1) is 11.3 Å². The zero-order valence-corrected chi connectivity index (χ0v) is 12.8. The van der Waals surface area contributed by atoms with E-state index >= 15 is 0 Å². The van der Waals surface area contributed by atoms with E-state index in [9.17, 15) is 9.59 Å². The monoisotopic (exact) mass is 312 g/mol. The second-order valence-corrected chi connectivity index (χ2v) is 5.85. The number of amides is 1. The van der Waals surface area contributed by atoms with Crippen LogP contribution in [-0.2, 0) is 14.3 Å². The number of hydrogen-bond donors (Lipinski definition) is 2. The molecule has 0 aliphatic carbocycles. The summed E-state index contributed by atoms with van der Waals surface area (Å²) in [4.78, 5) is 24.4. The Kier molecular flexibility index (Phi) is 5.33. The number of nitrogens with two attached hydrogens (primary N) is 1. The van der Waals surface area contributed by atoms with Gasteiger partial charge in [-0.3, -0.25) is 4.79 Å². The molecule has 2 heterocycles. The Balaban J connectivity index is 2.12. The third-order valence-electron chi connectivity index (χ3n) is 3.71. The van der Waals surface area contributed by atoms with Crippen molar-refractivity contribution in [1.29, 1.82) is 0 Å². The van der Waals surface area contributed by atoms with E-state index in [1.807, 2.05) is 0 Å². The van der Waals surface area contributed by atoms with E-state index in [4.69, 9.17) is 15.2 Å². The number of rotatable bonds is 5. The summed E-state index contributed by atoms with van der Waals surface area (Å²) in [5.41, 5.74) is 5.58. The van der Waals surface area contributed by atoms with Gasteiger partial charge in [0, 0.05) is 19.8 Å². The Hall–Kier alpha value is -1.44. The Labute approximate surface area is 127 Å². The first-order chi connectivity index (χ1) is 10.1. The molecule has 1 aliphatic rings. The molecule has 0 spiro atoms. The van der Waals surface area contributed by atoms with Gasteiger partial charge in [-0.1, -0.05) is 0 Å². The van der Waals surface area contributed by atoms with Crippen LogP contribution < -0.4 is 11.1 Å². The van der Waals surface area contributed by atoms with E-state index in [1.54, 1.807) is 18.4 Å². The molecule has 21 heavy (non-hydrogen) atoms. The quantitative estimate of drug-likeness (QED) is 0.806. The number of thiophene rings is 1. The summed E-state index contributed by atoms with van der Waals surface area (Å²) in [5.74, 6) is -0.580.